The molecule has 14 heavy (non-hydrogen) atoms. The van der Waals surface area contributed by atoms with E-state index in [4.69, 9.17) is 5.73 Å². The molecule has 0 atom stereocenters. The highest BCUT2D eigenvalue weighted by atomic mass is 32.1. The molecule has 1 amide bonds. The lowest BCUT2D eigenvalue weighted by atomic mass is 9.93. The average Bonchev–Trinajstić information content (AvgIpc) is 2.69. The van der Waals surface area contributed by atoms with Crippen LogP contribution in [0.4, 0.5) is 5.69 Å². The molecule has 0 aliphatic carbocycles. The third-order valence-electron chi connectivity index (χ3n) is 2.49. The highest BCUT2D eigenvalue weighted by Crippen LogP contribution is 2.17. The Kier molecular flexibility index (Phi) is 3.66. The van der Waals surface area contributed by atoms with Gasteiger partial charge in [0.1, 0.15) is 0 Å². The monoisotopic (exact) mass is 212 g/mol. The van der Waals surface area contributed by atoms with E-state index in [0.29, 0.717) is 12.8 Å². The van der Waals surface area contributed by atoms with Crippen molar-refractivity contribution >= 4 is 22.9 Å². The molecule has 0 bridgehead atoms. The second-order valence-electron chi connectivity index (χ2n) is 3.33. The topological polar surface area (TPSA) is 55.1 Å². The van der Waals surface area contributed by atoms with Gasteiger partial charge in [-0.25, -0.2) is 0 Å². The molecule has 0 unspecified atom stereocenters. The smallest absolute Gasteiger partial charge is 0.244 e. The average molecular weight is 212 g/mol. The van der Waals surface area contributed by atoms with Crippen molar-refractivity contribution in [2.75, 3.05) is 5.32 Å². The van der Waals surface area contributed by atoms with Crippen LogP contribution in [0.15, 0.2) is 16.8 Å². The number of nitrogens with two attached hydrogens (primary N) is 1. The fourth-order valence-corrected chi connectivity index (χ4v) is 1.75. The SMILES string of the molecule is CCC(N)(CC)C(=O)Nc1ccsc1. The third kappa shape index (κ3) is 2.33. The summed E-state index contributed by atoms with van der Waals surface area (Å²) in [5, 5.41) is 6.63. The van der Waals surface area contributed by atoms with Gasteiger partial charge in [0.05, 0.1) is 11.2 Å². The summed E-state index contributed by atoms with van der Waals surface area (Å²) in [4.78, 5) is 11.8. The lowest BCUT2D eigenvalue weighted by Gasteiger charge is -2.24. The number of hydrogen-bond donors (Lipinski definition) is 2. The number of rotatable bonds is 4. The van der Waals surface area contributed by atoms with Gasteiger partial charge in [0.2, 0.25) is 5.91 Å². The van der Waals surface area contributed by atoms with Crippen molar-refractivity contribution in [3.63, 3.8) is 0 Å². The number of hydrogen-bond acceptors (Lipinski definition) is 3. The first kappa shape index (κ1) is 11.2. The van der Waals surface area contributed by atoms with Crippen molar-refractivity contribution in [2.24, 2.45) is 5.73 Å². The maximum Gasteiger partial charge on any atom is 0.244 e. The van der Waals surface area contributed by atoms with Crippen molar-refractivity contribution < 1.29 is 4.79 Å². The minimum atomic E-state index is -0.734. The van der Waals surface area contributed by atoms with Crippen LogP contribution >= 0.6 is 11.3 Å². The van der Waals surface area contributed by atoms with Gasteiger partial charge >= 0.3 is 0 Å². The minimum absolute atomic E-state index is 0.0964. The zero-order valence-electron chi connectivity index (χ0n) is 8.54. The van der Waals surface area contributed by atoms with Gasteiger partial charge in [0, 0.05) is 5.38 Å². The maximum absolute atomic E-state index is 11.8. The Hall–Kier alpha value is -0.870. The zero-order valence-corrected chi connectivity index (χ0v) is 9.36. The number of thiophene rings is 1. The Bertz CT molecular complexity index is 291. The molecule has 0 radical (unpaired) electrons. The summed E-state index contributed by atoms with van der Waals surface area (Å²) in [7, 11) is 0. The number of amides is 1. The third-order valence-corrected chi connectivity index (χ3v) is 3.18. The first-order chi connectivity index (χ1) is 6.62. The number of nitrogens with one attached hydrogen (secondary N) is 1. The van der Waals surface area contributed by atoms with Gasteiger partial charge in [-0.1, -0.05) is 13.8 Å². The molecule has 1 heterocycles. The van der Waals surface area contributed by atoms with Gasteiger partial charge in [-0.2, -0.15) is 11.3 Å². The summed E-state index contributed by atoms with van der Waals surface area (Å²) in [5.41, 5.74) is 6.04. The Labute approximate surface area is 88.3 Å². The number of carbonyl (C=O) groups is 1. The molecule has 0 saturated heterocycles. The van der Waals surface area contributed by atoms with E-state index in [2.05, 4.69) is 5.32 Å². The van der Waals surface area contributed by atoms with Crippen LogP contribution in [0, 0.1) is 0 Å². The Balaban J connectivity index is 2.66. The lowest BCUT2D eigenvalue weighted by Crippen LogP contribution is -2.50. The lowest BCUT2D eigenvalue weighted by molar-refractivity contribution is -0.121. The summed E-state index contributed by atoms with van der Waals surface area (Å²) in [6.45, 7) is 3.85. The Morgan fingerprint density at radius 2 is 2.21 bits per heavy atom. The van der Waals surface area contributed by atoms with Crippen molar-refractivity contribution in [2.45, 2.75) is 32.2 Å². The molecule has 78 valence electrons. The largest absolute Gasteiger partial charge is 0.324 e. The molecule has 3 N–H and O–H groups in total. The summed E-state index contributed by atoms with van der Waals surface area (Å²) < 4.78 is 0. The summed E-state index contributed by atoms with van der Waals surface area (Å²) in [6, 6.07) is 1.87. The van der Waals surface area contributed by atoms with Crippen LogP contribution in [0.5, 0.6) is 0 Å². The summed E-state index contributed by atoms with van der Waals surface area (Å²) >= 11 is 1.55. The van der Waals surface area contributed by atoms with E-state index in [1.54, 1.807) is 11.3 Å². The van der Waals surface area contributed by atoms with Crippen molar-refractivity contribution in [1.82, 2.24) is 0 Å². The molecule has 3 nitrogen and oxygen atoms in total. The van der Waals surface area contributed by atoms with E-state index in [0.717, 1.165) is 5.69 Å². The molecule has 0 saturated carbocycles. The van der Waals surface area contributed by atoms with E-state index < -0.39 is 5.54 Å². The second-order valence-corrected chi connectivity index (χ2v) is 4.11. The molecule has 0 aromatic carbocycles. The molecular weight excluding hydrogens is 196 g/mol. The standard InChI is InChI=1S/C10H16N2OS/c1-3-10(11,4-2)9(13)12-8-5-6-14-7-8/h5-7H,3-4,11H2,1-2H3,(H,12,13). The van der Waals surface area contributed by atoms with E-state index in [1.165, 1.54) is 0 Å². The van der Waals surface area contributed by atoms with Crippen molar-refractivity contribution in [1.29, 1.82) is 0 Å². The maximum atomic E-state index is 11.8. The predicted octanol–water partition coefficient (Wildman–Crippen LogP) is 2.20. The molecule has 0 fully saturated rings. The molecular formula is C10H16N2OS. The highest BCUT2D eigenvalue weighted by Gasteiger charge is 2.29. The van der Waals surface area contributed by atoms with Crippen LogP contribution < -0.4 is 11.1 Å². The first-order valence-electron chi connectivity index (χ1n) is 4.75. The zero-order chi connectivity index (χ0) is 10.6. The molecule has 0 aliphatic heterocycles. The quantitative estimate of drug-likeness (QED) is 0.804. The van der Waals surface area contributed by atoms with E-state index in [-0.39, 0.29) is 5.91 Å². The molecule has 4 heteroatoms. The Morgan fingerprint density at radius 3 is 2.64 bits per heavy atom. The summed E-state index contributed by atoms with van der Waals surface area (Å²) in [5.74, 6) is -0.0964. The number of anilines is 1. The van der Waals surface area contributed by atoms with Gasteiger partial charge in [-0.05, 0) is 24.3 Å². The number of carbonyl (C=O) groups excluding carboxylic acids is 1. The highest BCUT2D eigenvalue weighted by molar-refractivity contribution is 7.08. The van der Waals surface area contributed by atoms with Crippen molar-refractivity contribution in [3.8, 4) is 0 Å². The fourth-order valence-electron chi connectivity index (χ4n) is 1.16. The van der Waals surface area contributed by atoms with Gasteiger partial charge in [-0.3, -0.25) is 4.79 Å². The first-order valence-corrected chi connectivity index (χ1v) is 5.69. The molecule has 1 aromatic rings. The second kappa shape index (κ2) is 4.57. The van der Waals surface area contributed by atoms with Crippen LogP contribution in [-0.4, -0.2) is 11.4 Å². The Morgan fingerprint density at radius 1 is 1.57 bits per heavy atom. The van der Waals surface area contributed by atoms with Crippen LogP contribution in [0.25, 0.3) is 0 Å². The normalized spacial score (nSPS) is 11.4. The van der Waals surface area contributed by atoms with Crippen LogP contribution in [0.2, 0.25) is 0 Å². The van der Waals surface area contributed by atoms with Crippen LogP contribution in [0.1, 0.15) is 26.7 Å². The summed E-state index contributed by atoms with van der Waals surface area (Å²) in [6.07, 6.45) is 1.30. The van der Waals surface area contributed by atoms with E-state index >= 15 is 0 Å². The van der Waals surface area contributed by atoms with Gasteiger partial charge in [-0.15, -0.1) is 0 Å². The fraction of sp³-hybridized carbons (Fsp3) is 0.500. The van der Waals surface area contributed by atoms with Gasteiger partial charge in [0.25, 0.3) is 0 Å². The van der Waals surface area contributed by atoms with Crippen LogP contribution in [-0.2, 0) is 4.79 Å². The van der Waals surface area contributed by atoms with E-state index in [9.17, 15) is 4.79 Å². The molecule has 0 aliphatic rings. The van der Waals surface area contributed by atoms with Gasteiger partial charge < -0.3 is 11.1 Å². The molecule has 1 rings (SSSR count). The van der Waals surface area contributed by atoms with Gasteiger partial charge in [0.15, 0.2) is 0 Å². The molecule has 0 spiro atoms. The minimum Gasteiger partial charge on any atom is -0.324 e. The predicted molar refractivity (Wildman–Crippen MR) is 60.4 cm³/mol. The van der Waals surface area contributed by atoms with E-state index in [1.807, 2.05) is 30.7 Å². The van der Waals surface area contributed by atoms with Crippen molar-refractivity contribution in [3.05, 3.63) is 16.8 Å². The van der Waals surface area contributed by atoms with Crippen LogP contribution in [0.3, 0.4) is 0 Å². The molecule has 1 aromatic heterocycles.